The molecule has 5 nitrogen and oxygen atoms in total. The molecule has 23 heavy (non-hydrogen) atoms. The lowest BCUT2D eigenvalue weighted by atomic mass is 9.77. The molecule has 5 heteroatoms. The second-order valence-electron chi connectivity index (χ2n) is 6.43. The predicted octanol–water partition coefficient (Wildman–Crippen LogP) is 2.16. The van der Waals surface area contributed by atoms with Gasteiger partial charge in [-0.15, -0.1) is 0 Å². The standard InChI is InChI=1S/C18H27N3O2/c22-18(19-9-10-21-11-13-23-14-12-21)20-17(16-7-4-8-16)15-5-2-1-3-6-15/h1-3,5-6,16-17H,4,7-14H2,(H2,19,20,22)/t17-/m1/s1. The number of ether oxygens (including phenoxy) is 1. The van der Waals surface area contributed by atoms with Gasteiger partial charge < -0.3 is 15.4 Å². The van der Waals surface area contributed by atoms with Gasteiger partial charge >= 0.3 is 6.03 Å². The molecule has 2 aliphatic rings. The summed E-state index contributed by atoms with van der Waals surface area (Å²) in [5, 5.41) is 6.18. The zero-order valence-corrected chi connectivity index (χ0v) is 13.7. The molecular formula is C18H27N3O2. The maximum Gasteiger partial charge on any atom is 0.315 e. The molecule has 0 bridgehead atoms. The highest BCUT2D eigenvalue weighted by atomic mass is 16.5. The number of hydrogen-bond acceptors (Lipinski definition) is 3. The van der Waals surface area contributed by atoms with Gasteiger partial charge in [0.2, 0.25) is 0 Å². The minimum absolute atomic E-state index is 0.0565. The number of hydrogen-bond donors (Lipinski definition) is 2. The first-order chi connectivity index (χ1) is 11.3. The molecule has 126 valence electrons. The van der Waals surface area contributed by atoms with Crippen molar-refractivity contribution < 1.29 is 9.53 Å². The Morgan fingerprint density at radius 2 is 1.96 bits per heavy atom. The van der Waals surface area contributed by atoms with Crippen molar-refractivity contribution in [3.63, 3.8) is 0 Å². The van der Waals surface area contributed by atoms with E-state index in [0.717, 1.165) is 32.8 Å². The molecule has 2 fully saturated rings. The summed E-state index contributed by atoms with van der Waals surface area (Å²) < 4.78 is 5.33. The molecule has 1 saturated heterocycles. The van der Waals surface area contributed by atoms with E-state index in [1.165, 1.54) is 24.8 Å². The van der Waals surface area contributed by atoms with Gasteiger partial charge in [0.05, 0.1) is 19.3 Å². The Balaban J connectivity index is 1.46. The highest BCUT2D eigenvalue weighted by molar-refractivity contribution is 5.74. The fourth-order valence-corrected chi connectivity index (χ4v) is 3.25. The minimum atomic E-state index is -0.0565. The largest absolute Gasteiger partial charge is 0.379 e. The fourth-order valence-electron chi connectivity index (χ4n) is 3.25. The highest BCUT2D eigenvalue weighted by Crippen LogP contribution is 2.37. The van der Waals surface area contributed by atoms with Crippen LogP contribution in [0.1, 0.15) is 30.9 Å². The summed E-state index contributed by atoms with van der Waals surface area (Å²) >= 11 is 0. The summed E-state index contributed by atoms with van der Waals surface area (Å²) in [6.45, 7) is 5.07. The number of nitrogens with one attached hydrogen (secondary N) is 2. The lowest BCUT2D eigenvalue weighted by Crippen LogP contribution is -2.46. The molecule has 0 radical (unpaired) electrons. The second kappa shape index (κ2) is 8.31. The third-order valence-corrected chi connectivity index (χ3v) is 4.88. The van der Waals surface area contributed by atoms with Gasteiger partial charge in [-0.05, 0) is 24.3 Å². The predicted molar refractivity (Wildman–Crippen MR) is 90.3 cm³/mol. The molecule has 0 aromatic heterocycles. The van der Waals surface area contributed by atoms with Gasteiger partial charge in [0.25, 0.3) is 0 Å². The van der Waals surface area contributed by atoms with E-state index in [1.807, 2.05) is 18.2 Å². The van der Waals surface area contributed by atoms with E-state index in [2.05, 4.69) is 27.7 Å². The SMILES string of the molecule is O=C(NCCN1CCOCC1)N[C@H](c1ccccc1)C1CCC1. The van der Waals surface area contributed by atoms with Crippen molar-refractivity contribution in [2.45, 2.75) is 25.3 Å². The summed E-state index contributed by atoms with van der Waals surface area (Å²) in [7, 11) is 0. The first-order valence-corrected chi connectivity index (χ1v) is 8.72. The normalized spacial score (nSPS) is 20.5. The van der Waals surface area contributed by atoms with Crippen LogP contribution in [0.5, 0.6) is 0 Å². The van der Waals surface area contributed by atoms with E-state index in [-0.39, 0.29) is 12.1 Å². The van der Waals surface area contributed by atoms with Gasteiger partial charge in [-0.25, -0.2) is 4.79 Å². The van der Waals surface area contributed by atoms with Crippen molar-refractivity contribution in [2.24, 2.45) is 5.92 Å². The first kappa shape index (κ1) is 16.3. The molecule has 0 spiro atoms. The van der Waals surface area contributed by atoms with Crippen molar-refractivity contribution in [3.05, 3.63) is 35.9 Å². The van der Waals surface area contributed by atoms with Crippen LogP contribution < -0.4 is 10.6 Å². The molecular weight excluding hydrogens is 290 g/mol. The van der Waals surface area contributed by atoms with Crippen LogP contribution in [0.15, 0.2) is 30.3 Å². The first-order valence-electron chi connectivity index (χ1n) is 8.72. The van der Waals surface area contributed by atoms with Gasteiger partial charge in [-0.1, -0.05) is 36.8 Å². The second-order valence-corrected chi connectivity index (χ2v) is 6.43. The summed E-state index contributed by atoms with van der Waals surface area (Å²) in [6, 6.07) is 10.4. The number of urea groups is 1. The summed E-state index contributed by atoms with van der Waals surface area (Å²) in [5.74, 6) is 0.572. The molecule has 1 aliphatic heterocycles. The summed E-state index contributed by atoms with van der Waals surface area (Å²) in [6.07, 6.45) is 3.68. The third-order valence-electron chi connectivity index (χ3n) is 4.88. The zero-order valence-electron chi connectivity index (χ0n) is 13.7. The monoisotopic (exact) mass is 317 g/mol. The Bertz CT molecular complexity index is 484. The number of morpholine rings is 1. The fraction of sp³-hybridized carbons (Fsp3) is 0.611. The molecule has 2 N–H and O–H groups in total. The molecule has 1 saturated carbocycles. The van der Waals surface area contributed by atoms with Gasteiger partial charge in [0.1, 0.15) is 0 Å². The zero-order chi connectivity index (χ0) is 15.9. The Morgan fingerprint density at radius 3 is 2.61 bits per heavy atom. The Kier molecular flexibility index (Phi) is 5.88. The number of carbonyl (C=O) groups is 1. The molecule has 1 atom stereocenters. The Morgan fingerprint density at radius 1 is 1.22 bits per heavy atom. The van der Waals surface area contributed by atoms with Crippen molar-refractivity contribution in [1.29, 1.82) is 0 Å². The lowest BCUT2D eigenvalue weighted by Gasteiger charge is -2.34. The van der Waals surface area contributed by atoms with Crippen molar-refractivity contribution in [1.82, 2.24) is 15.5 Å². The third kappa shape index (κ3) is 4.69. The molecule has 1 aliphatic carbocycles. The van der Waals surface area contributed by atoms with Crippen LogP contribution in [0.3, 0.4) is 0 Å². The van der Waals surface area contributed by atoms with Crippen LogP contribution in [-0.4, -0.2) is 50.3 Å². The van der Waals surface area contributed by atoms with E-state index >= 15 is 0 Å². The Hall–Kier alpha value is -1.59. The molecule has 1 aromatic carbocycles. The van der Waals surface area contributed by atoms with E-state index in [0.29, 0.717) is 12.5 Å². The van der Waals surface area contributed by atoms with Crippen LogP contribution in [0.25, 0.3) is 0 Å². The number of benzene rings is 1. The van der Waals surface area contributed by atoms with Crippen molar-refractivity contribution in [3.8, 4) is 0 Å². The van der Waals surface area contributed by atoms with Crippen LogP contribution in [0, 0.1) is 5.92 Å². The van der Waals surface area contributed by atoms with Gasteiger partial charge in [0.15, 0.2) is 0 Å². The van der Waals surface area contributed by atoms with Crippen LogP contribution in [-0.2, 0) is 4.74 Å². The lowest BCUT2D eigenvalue weighted by molar-refractivity contribution is 0.0387. The van der Waals surface area contributed by atoms with E-state index in [9.17, 15) is 4.79 Å². The van der Waals surface area contributed by atoms with E-state index in [4.69, 9.17) is 4.74 Å². The van der Waals surface area contributed by atoms with Crippen molar-refractivity contribution >= 4 is 6.03 Å². The molecule has 0 unspecified atom stereocenters. The molecule has 1 aromatic rings. The summed E-state index contributed by atoms with van der Waals surface area (Å²) in [5.41, 5.74) is 1.21. The topological polar surface area (TPSA) is 53.6 Å². The molecule has 3 rings (SSSR count). The van der Waals surface area contributed by atoms with Crippen LogP contribution >= 0.6 is 0 Å². The minimum Gasteiger partial charge on any atom is -0.379 e. The maximum atomic E-state index is 12.2. The number of nitrogens with zero attached hydrogens (tertiary/aromatic N) is 1. The van der Waals surface area contributed by atoms with Crippen LogP contribution in [0.4, 0.5) is 4.79 Å². The molecule has 2 amide bonds. The average Bonchev–Trinajstić information content (AvgIpc) is 2.54. The summed E-state index contributed by atoms with van der Waals surface area (Å²) in [4.78, 5) is 14.6. The smallest absolute Gasteiger partial charge is 0.315 e. The average molecular weight is 317 g/mol. The van der Waals surface area contributed by atoms with Gasteiger partial charge in [-0.2, -0.15) is 0 Å². The van der Waals surface area contributed by atoms with Gasteiger partial charge in [-0.3, -0.25) is 4.90 Å². The molecule has 1 heterocycles. The van der Waals surface area contributed by atoms with Crippen molar-refractivity contribution in [2.75, 3.05) is 39.4 Å². The van der Waals surface area contributed by atoms with E-state index < -0.39 is 0 Å². The van der Waals surface area contributed by atoms with E-state index in [1.54, 1.807) is 0 Å². The number of amides is 2. The Labute approximate surface area is 138 Å². The highest BCUT2D eigenvalue weighted by Gasteiger charge is 2.29. The van der Waals surface area contributed by atoms with Gasteiger partial charge in [0, 0.05) is 26.2 Å². The maximum absolute atomic E-state index is 12.2. The number of rotatable bonds is 6. The quantitative estimate of drug-likeness (QED) is 0.845. The number of carbonyl (C=O) groups excluding carboxylic acids is 1. The van der Waals surface area contributed by atoms with Crippen LogP contribution in [0.2, 0.25) is 0 Å².